The van der Waals surface area contributed by atoms with Gasteiger partial charge in [-0.15, -0.1) is 0 Å². The highest BCUT2D eigenvalue weighted by molar-refractivity contribution is 5.97. The van der Waals surface area contributed by atoms with Gasteiger partial charge in [-0.3, -0.25) is 19.4 Å². The first-order valence-corrected chi connectivity index (χ1v) is 13.5. The molecule has 0 unspecified atom stereocenters. The van der Waals surface area contributed by atoms with E-state index in [1.807, 2.05) is 47.4 Å². The lowest BCUT2D eigenvalue weighted by molar-refractivity contribution is 0.0687. The first kappa shape index (κ1) is 24.8. The van der Waals surface area contributed by atoms with E-state index in [-0.39, 0.29) is 22.5 Å². The summed E-state index contributed by atoms with van der Waals surface area (Å²) < 4.78 is 3.23. The van der Waals surface area contributed by atoms with Crippen molar-refractivity contribution in [3.8, 4) is 0 Å². The zero-order valence-electron chi connectivity index (χ0n) is 21.8. The standard InChI is InChI=1S/C32H31N5O2/c33-29-26(31(38)35-18-14-25(15-19-35)21-24-11-5-2-6-12-24)22-27-30(34-28-13-7-8-17-36(28)32(27)39)37(29)20-16-23-9-3-1-4-10-23/h1-13,17,22,25,33H,14-16,18-21H2. The van der Waals surface area contributed by atoms with Crippen molar-refractivity contribution >= 4 is 22.6 Å². The Morgan fingerprint density at radius 1 is 0.897 bits per heavy atom. The van der Waals surface area contributed by atoms with Crippen molar-refractivity contribution in [2.45, 2.75) is 32.2 Å². The van der Waals surface area contributed by atoms with Crippen molar-refractivity contribution in [2.75, 3.05) is 13.1 Å². The number of piperidine rings is 1. The zero-order chi connectivity index (χ0) is 26.8. The predicted octanol–water partition coefficient (Wildman–Crippen LogP) is 4.47. The van der Waals surface area contributed by atoms with E-state index in [0.717, 1.165) is 24.8 Å². The minimum Gasteiger partial charge on any atom is -0.339 e. The molecule has 0 bridgehead atoms. The van der Waals surface area contributed by atoms with Crippen molar-refractivity contribution in [3.05, 3.63) is 124 Å². The number of likely N-dealkylation sites (tertiary alicyclic amines) is 1. The Morgan fingerprint density at radius 2 is 1.56 bits per heavy atom. The molecule has 6 rings (SSSR count). The fourth-order valence-corrected chi connectivity index (χ4v) is 5.61. The first-order chi connectivity index (χ1) is 19.1. The number of amides is 1. The number of hydrogen-bond acceptors (Lipinski definition) is 4. The van der Waals surface area contributed by atoms with Gasteiger partial charge in [-0.1, -0.05) is 66.7 Å². The summed E-state index contributed by atoms with van der Waals surface area (Å²) in [4.78, 5) is 33.9. The van der Waals surface area contributed by atoms with E-state index in [4.69, 9.17) is 10.4 Å². The highest BCUT2D eigenvalue weighted by Crippen LogP contribution is 2.23. The third-order valence-electron chi connectivity index (χ3n) is 7.78. The Kier molecular flexibility index (Phi) is 6.80. The Balaban J connectivity index is 1.34. The van der Waals surface area contributed by atoms with Crippen LogP contribution in [-0.4, -0.2) is 37.8 Å². The summed E-state index contributed by atoms with van der Waals surface area (Å²) in [5.74, 6) is 0.339. The Hall–Kier alpha value is -4.52. The maximum Gasteiger partial charge on any atom is 0.267 e. The highest BCUT2D eigenvalue weighted by atomic mass is 16.2. The third-order valence-corrected chi connectivity index (χ3v) is 7.78. The summed E-state index contributed by atoms with van der Waals surface area (Å²) in [6, 6.07) is 27.5. The van der Waals surface area contributed by atoms with Crippen molar-refractivity contribution in [1.82, 2.24) is 18.9 Å². The van der Waals surface area contributed by atoms with E-state index in [9.17, 15) is 9.59 Å². The van der Waals surface area contributed by atoms with Crippen LogP contribution in [-0.2, 0) is 19.4 Å². The van der Waals surface area contributed by atoms with E-state index in [1.165, 1.54) is 9.96 Å². The van der Waals surface area contributed by atoms with E-state index >= 15 is 0 Å². The van der Waals surface area contributed by atoms with Gasteiger partial charge in [0, 0.05) is 25.8 Å². The lowest BCUT2D eigenvalue weighted by Crippen LogP contribution is -2.42. The molecule has 7 heteroatoms. The number of carbonyl (C=O) groups excluding carboxylic acids is 1. The molecular weight excluding hydrogens is 486 g/mol. The third kappa shape index (κ3) is 5.00. The second-order valence-electron chi connectivity index (χ2n) is 10.3. The van der Waals surface area contributed by atoms with Gasteiger partial charge in [0.05, 0.1) is 10.9 Å². The van der Waals surface area contributed by atoms with Crippen LogP contribution < -0.4 is 11.0 Å². The average molecular weight is 518 g/mol. The fraction of sp³-hybridized carbons (Fsp3) is 0.250. The van der Waals surface area contributed by atoms with Crippen molar-refractivity contribution in [2.24, 2.45) is 5.92 Å². The van der Waals surface area contributed by atoms with E-state index in [0.29, 0.717) is 48.7 Å². The summed E-state index contributed by atoms with van der Waals surface area (Å²) in [5, 5.41) is 9.43. The average Bonchev–Trinajstić information content (AvgIpc) is 2.98. The van der Waals surface area contributed by atoms with Crippen LogP contribution in [0.4, 0.5) is 0 Å². The summed E-state index contributed by atoms with van der Waals surface area (Å²) >= 11 is 0. The molecule has 2 aromatic carbocycles. The predicted molar refractivity (Wildman–Crippen MR) is 152 cm³/mol. The van der Waals surface area contributed by atoms with Gasteiger partial charge in [-0.2, -0.15) is 0 Å². The molecule has 1 saturated heterocycles. The van der Waals surface area contributed by atoms with E-state index in [2.05, 4.69) is 24.3 Å². The second kappa shape index (κ2) is 10.7. The van der Waals surface area contributed by atoms with Crippen molar-refractivity contribution in [3.63, 3.8) is 0 Å². The molecule has 5 aromatic rings. The number of aromatic nitrogens is 3. The molecule has 1 N–H and O–H groups in total. The maximum atomic E-state index is 13.8. The van der Waals surface area contributed by atoms with E-state index < -0.39 is 0 Å². The molecule has 1 aliphatic rings. The number of nitrogens with zero attached hydrogens (tertiary/aromatic N) is 4. The van der Waals surface area contributed by atoms with E-state index in [1.54, 1.807) is 29.0 Å². The van der Waals surface area contributed by atoms with Crippen LogP contribution in [0.2, 0.25) is 0 Å². The molecule has 1 fully saturated rings. The summed E-state index contributed by atoms with van der Waals surface area (Å²) in [6.45, 7) is 1.73. The number of pyridine rings is 2. The number of aryl methyl sites for hydroxylation is 2. The summed E-state index contributed by atoms with van der Waals surface area (Å²) in [5.41, 5.74) is 3.51. The molecule has 3 aromatic heterocycles. The number of carbonyl (C=O) groups is 1. The van der Waals surface area contributed by atoms with Gasteiger partial charge in [-0.25, -0.2) is 4.98 Å². The molecule has 0 atom stereocenters. The van der Waals surface area contributed by atoms with Crippen molar-refractivity contribution < 1.29 is 4.79 Å². The molecule has 0 spiro atoms. The molecule has 196 valence electrons. The number of hydrogen-bond donors (Lipinski definition) is 1. The maximum absolute atomic E-state index is 13.8. The molecule has 0 saturated carbocycles. The minimum atomic E-state index is -0.236. The molecule has 1 amide bonds. The smallest absolute Gasteiger partial charge is 0.267 e. The number of nitrogens with one attached hydrogen (secondary N) is 1. The molecule has 4 heterocycles. The van der Waals surface area contributed by atoms with Gasteiger partial charge in [-0.05, 0) is 60.9 Å². The Bertz CT molecular complexity index is 1750. The molecule has 0 radical (unpaired) electrons. The van der Waals surface area contributed by atoms with Crippen LogP contribution in [0, 0.1) is 11.3 Å². The summed E-state index contributed by atoms with van der Waals surface area (Å²) in [6.07, 6.45) is 5.20. The van der Waals surface area contributed by atoms with Gasteiger partial charge in [0.2, 0.25) is 0 Å². The summed E-state index contributed by atoms with van der Waals surface area (Å²) in [7, 11) is 0. The van der Waals surface area contributed by atoms with Gasteiger partial charge < -0.3 is 9.47 Å². The van der Waals surface area contributed by atoms with Gasteiger partial charge in [0.1, 0.15) is 16.8 Å². The van der Waals surface area contributed by atoms with Crippen LogP contribution >= 0.6 is 0 Å². The lowest BCUT2D eigenvalue weighted by atomic mass is 9.90. The van der Waals surface area contributed by atoms with Crippen LogP contribution in [0.3, 0.4) is 0 Å². The van der Waals surface area contributed by atoms with Crippen LogP contribution in [0.1, 0.15) is 34.3 Å². The zero-order valence-corrected chi connectivity index (χ0v) is 21.8. The van der Waals surface area contributed by atoms with Gasteiger partial charge >= 0.3 is 0 Å². The Labute approximate surface area is 226 Å². The van der Waals surface area contributed by atoms with Crippen LogP contribution in [0.5, 0.6) is 0 Å². The van der Waals surface area contributed by atoms with Gasteiger partial charge in [0.15, 0.2) is 0 Å². The largest absolute Gasteiger partial charge is 0.339 e. The first-order valence-electron chi connectivity index (χ1n) is 13.5. The SMILES string of the molecule is N=c1c(C(=O)N2CCC(Cc3ccccc3)CC2)cc2c(=O)n3ccccc3nc2n1CCc1ccccc1. The second-order valence-corrected chi connectivity index (χ2v) is 10.3. The molecule has 39 heavy (non-hydrogen) atoms. The van der Waals surface area contributed by atoms with Crippen molar-refractivity contribution in [1.29, 1.82) is 5.41 Å². The molecule has 0 aliphatic carbocycles. The Morgan fingerprint density at radius 3 is 2.28 bits per heavy atom. The molecule has 1 aliphatic heterocycles. The topological polar surface area (TPSA) is 83.5 Å². The number of fused-ring (bicyclic) bond motifs is 2. The highest BCUT2D eigenvalue weighted by Gasteiger charge is 2.26. The quantitative estimate of drug-likeness (QED) is 0.338. The normalized spacial score (nSPS) is 14.2. The van der Waals surface area contributed by atoms with Gasteiger partial charge in [0.25, 0.3) is 11.5 Å². The van der Waals surface area contributed by atoms with Crippen LogP contribution in [0.15, 0.2) is 95.9 Å². The lowest BCUT2D eigenvalue weighted by Gasteiger charge is -2.32. The van der Waals surface area contributed by atoms with Crippen LogP contribution in [0.25, 0.3) is 16.7 Å². The minimum absolute atomic E-state index is 0.0991. The monoisotopic (exact) mass is 517 g/mol. The fourth-order valence-electron chi connectivity index (χ4n) is 5.61. The molecule has 7 nitrogen and oxygen atoms in total. The molecular formula is C32H31N5O2. The number of rotatable bonds is 6. The number of benzene rings is 2.